The Morgan fingerprint density at radius 2 is 1.10 bits per heavy atom. The first kappa shape index (κ1) is 56.3. The molecule has 58 heavy (non-hydrogen) atoms. The third-order valence-corrected chi connectivity index (χ3v) is 11.4. The molecule has 4 N–H and O–H groups in total. The van der Waals surface area contributed by atoms with E-state index in [1.165, 1.54) is 122 Å². The van der Waals surface area contributed by atoms with Crippen molar-refractivity contribution in [2.75, 3.05) is 32.1 Å². The van der Waals surface area contributed by atoms with Gasteiger partial charge in [0, 0.05) is 18.6 Å². The van der Waals surface area contributed by atoms with Gasteiger partial charge in [-0.05, 0) is 25.7 Å². The lowest BCUT2D eigenvalue weighted by Gasteiger charge is -2.22. The molecule has 0 heterocycles. The molecule has 0 aliphatic heterocycles. The van der Waals surface area contributed by atoms with Crippen LogP contribution in [0.15, 0.2) is 4.99 Å². The minimum absolute atomic E-state index is 0.102. The highest BCUT2D eigenvalue weighted by Crippen LogP contribution is 2.43. The number of nitrogens with zero attached hydrogens (tertiary/aromatic N) is 1. The first-order valence-corrected chi connectivity index (χ1v) is 24.9. The van der Waals surface area contributed by atoms with Crippen LogP contribution in [0.3, 0.4) is 0 Å². The molecule has 0 rings (SSSR count). The molecular weight excluding hydrogens is 782 g/mol. The largest absolute Gasteiger partial charge is 0.861 e. The summed E-state index contributed by atoms with van der Waals surface area (Å²) >= 11 is 3.95. The second kappa shape index (κ2) is 39.4. The number of hydrogen-bond acceptors (Lipinski definition) is 12. The first-order chi connectivity index (χ1) is 27.9. The maximum Gasteiger partial charge on any atom is 0.472 e. The SMILES string of the molecule is CCCCCCCCCCCCCCCC(=O)OC[C@H](COP(=O)(O)OCCN=C([O-])[C@H](C)NC(=O)[C@@H](N)CS)OC(=O)CCCCCCCCCCCCCCC. The molecule has 0 radical (unpaired) electrons. The van der Waals surface area contributed by atoms with Gasteiger partial charge in [-0.1, -0.05) is 168 Å². The number of carbonyl (C=O) groups is 3. The number of esters is 2. The number of nitrogens with two attached hydrogens (primary N) is 1. The van der Waals surface area contributed by atoms with Crippen molar-refractivity contribution in [1.29, 1.82) is 0 Å². The summed E-state index contributed by atoms with van der Waals surface area (Å²) in [5.41, 5.74) is 5.59. The van der Waals surface area contributed by atoms with Gasteiger partial charge in [0.1, 0.15) is 6.61 Å². The summed E-state index contributed by atoms with van der Waals surface area (Å²) in [6.45, 7) is 4.31. The van der Waals surface area contributed by atoms with Crippen LogP contribution in [0.4, 0.5) is 0 Å². The molecule has 4 atom stereocenters. The van der Waals surface area contributed by atoms with Crippen LogP contribution in [-0.4, -0.2) is 78.9 Å². The Hall–Kier alpha value is -1.70. The minimum Gasteiger partial charge on any atom is -0.861 e. The van der Waals surface area contributed by atoms with Crippen molar-refractivity contribution in [3.63, 3.8) is 0 Å². The number of amides is 1. The highest BCUT2D eigenvalue weighted by atomic mass is 32.1. The first-order valence-electron chi connectivity index (χ1n) is 22.8. The smallest absolute Gasteiger partial charge is 0.472 e. The van der Waals surface area contributed by atoms with E-state index in [-0.39, 0.29) is 31.7 Å². The Morgan fingerprint density at radius 1 is 0.690 bits per heavy atom. The van der Waals surface area contributed by atoms with E-state index in [2.05, 4.69) is 36.8 Å². The monoisotopic (exact) mass is 865 g/mol. The van der Waals surface area contributed by atoms with E-state index in [0.717, 1.165) is 38.5 Å². The van der Waals surface area contributed by atoms with E-state index < -0.39 is 63.0 Å². The van der Waals surface area contributed by atoms with Crippen LogP contribution < -0.4 is 16.2 Å². The van der Waals surface area contributed by atoms with Gasteiger partial charge in [0.05, 0.1) is 31.8 Å². The molecule has 0 aliphatic rings. The molecule has 0 aromatic carbocycles. The number of phosphoric ester groups is 1. The summed E-state index contributed by atoms with van der Waals surface area (Å²) in [6, 6.07) is -1.84. The zero-order chi connectivity index (χ0) is 43.1. The quantitative estimate of drug-likeness (QED) is 0.0114. The highest BCUT2D eigenvalue weighted by Gasteiger charge is 2.26. The molecule has 0 aromatic rings. The van der Waals surface area contributed by atoms with Crippen LogP contribution in [0.1, 0.15) is 201 Å². The molecule has 0 aromatic heterocycles. The van der Waals surface area contributed by atoms with Gasteiger partial charge in [0.2, 0.25) is 5.91 Å². The topological polar surface area (TPSA) is 199 Å². The second-order valence-electron chi connectivity index (χ2n) is 15.6. The standard InChI is InChI=1S/C43H84N3O10PS/c1-4-6-8-10-12-14-16-18-20-22-24-26-28-30-40(47)53-34-38(56-41(48)31-29-27-25-23-21-19-17-15-13-11-9-7-5-2)35-55-57(51,52)54-33-32-45-42(49)37(3)46-43(50)39(44)36-58/h37-39,58H,4-36,44H2,1-3H3,(H,45,49)(H,46,50)(H,51,52)/p-1/t37-,38+,39-/m0/s1. The van der Waals surface area contributed by atoms with Crippen molar-refractivity contribution < 1.29 is 47.5 Å². The average molecular weight is 865 g/mol. The van der Waals surface area contributed by atoms with Crippen molar-refractivity contribution >= 4 is 44.2 Å². The van der Waals surface area contributed by atoms with Crippen LogP contribution in [-0.2, 0) is 37.5 Å². The molecular formula is C43H83N3O10PS-. The molecule has 342 valence electrons. The number of aliphatic imine (C=N–C) groups is 1. The van der Waals surface area contributed by atoms with Gasteiger partial charge in [0.25, 0.3) is 0 Å². The van der Waals surface area contributed by atoms with E-state index in [1.807, 2.05) is 0 Å². The normalized spacial score (nSPS) is 14.4. The van der Waals surface area contributed by atoms with Crippen molar-refractivity contribution in [3.8, 4) is 0 Å². The van der Waals surface area contributed by atoms with Gasteiger partial charge in [-0.3, -0.25) is 23.4 Å². The summed E-state index contributed by atoms with van der Waals surface area (Å²) in [5, 5.41) is 14.6. The van der Waals surface area contributed by atoms with E-state index in [9.17, 15) is 28.9 Å². The van der Waals surface area contributed by atoms with Gasteiger partial charge in [-0.25, -0.2) is 4.57 Å². The molecule has 1 unspecified atom stereocenters. The zero-order valence-corrected chi connectivity index (χ0v) is 38.4. The number of thiol groups is 1. The Balaban J connectivity index is 4.70. The highest BCUT2D eigenvalue weighted by molar-refractivity contribution is 7.80. The Bertz CT molecular complexity index is 1100. The lowest BCUT2D eigenvalue weighted by molar-refractivity contribution is -0.221. The summed E-state index contributed by atoms with van der Waals surface area (Å²) in [6.07, 6.45) is 30.1. The molecule has 1 amide bonds. The lowest BCUT2D eigenvalue weighted by Crippen LogP contribution is -2.50. The minimum atomic E-state index is -4.65. The molecule has 15 heteroatoms. The maximum atomic E-state index is 12.7. The molecule has 0 spiro atoms. The summed E-state index contributed by atoms with van der Waals surface area (Å²) in [4.78, 5) is 51.1. The van der Waals surface area contributed by atoms with Crippen molar-refractivity contribution in [2.24, 2.45) is 10.7 Å². The predicted molar refractivity (Wildman–Crippen MR) is 235 cm³/mol. The van der Waals surface area contributed by atoms with Gasteiger partial charge in [0.15, 0.2) is 6.10 Å². The van der Waals surface area contributed by atoms with Crippen LogP contribution in [0.5, 0.6) is 0 Å². The number of hydrogen-bond donors (Lipinski definition) is 4. The molecule has 0 aliphatic carbocycles. The van der Waals surface area contributed by atoms with Gasteiger partial charge >= 0.3 is 19.8 Å². The fourth-order valence-electron chi connectivity index (χ4n) is 6.32. The summed E-state index contributed by atoms with van der Waals surface area (Å²) in [5.74, 6) is -2.07. The van der Waals surface area contributed by atoms with Gasteiger partial charge in [-0.2, -0.15) is 12.6 Å². The molecule has 13 nitrogen and oxygen atoms in total. The van der Waals surface area contributed by atoms with E-state index in [0.29, 0.717) is 12.8 Å². The van der Waals surface area contributed by atoms with Crippen LogP contribution in [0.2, 0.25) is 0 Å². The number of unbranched alkanes of at least 4 members (excludes halogenated alkanes) is 24. The van der Waals surface area contributed by atoms with Crippen molar-refractivity contribution in [3.05, 3.63) is 0 Å². The molecule has 0 fully saturated rings. The zero-order valence-electron chi connectivity index (χ0n) is 36.6. The fourth-order valence-corrected chi connectivity index (χ4v) is 7.23. The number of carbonyl (C=O) groups excluding carboxylic acids is 3. The van der Waals surface area contributed by atoms with Crippen molar-refractivity contribution in [1.82, 2.24) is 5.32 Å². The number of rotatable bonds is 42. The molecule has 0 saturated heterocycles. The third-order valence-electron chi connectivity index (χ3n) is 10.00. The predicted octanol–water partition coefficient (Wildman–Crippen LogP) is 9.06. The van der Waals surface area contributed by atoms with Crippen LogP contribution >= 0.6 is 20.5 Å². The van der Waals surface area contributed by atoms with E-state index in [1.54, 1.807) is 0 Å². The van der Waals surface area contributed by atoms with Crippen LogP contribution in [0.25, 0.3) is 0 Å². The van der Waals surface area contributed by atoms with E-state index in [4.69, 9.17) is 24.3 Å². The number of phosphoric acid groups is 1. The summed E-state index contributed by atoms with van der Waals surface area (Å²) < 4.78 is 33.5. The van der Waals surface area contributed by atoms with Gasteiger partial charge in [-0.15, -0.1) is 0 Å². The lowest BCUT2D eigenvalue weighted by atomic mass is 10.0. The fraction of sp³-hybridized carbons (Fsp3) is 0.907. The van der Waals surface area contributed by atoms with Gasteiger partial charge < -0.3 is 35.5 Å². The number of nitrogens with one attached hydrogen (secondary N) is 1. The molecule has 0 saturated carbocycles. The number of ether oxygens (including phenoxy) is 2. The Labute approximate surface area is 357 Å². The summed E-state index contributed by atoms with van der Waals surface area (Å²) in [7, 11) is -4.65. The van der Waals surface area contributed by atoms with E-state index >= 15 is 0 Å². The van der Waals surface area contributed by atoms with Crippen LogP contribution in [0, 0.1) is 0 Å². The Morgan fingerprint density at radius 3 is 1.53 bits per heavy atom. The molecule has 0 bridgehead atoms. The average Bonchev–Trinajstić information content (AvgIpc) is 3.20. The maximum absolute atomic E-state index is 12.7. The van der Waals surface area contributed by atoms with Crippen molar-refractivity contribution in [2.45, 2.75) is 219 Å². The third kappa shape index (κ3) is 36.2. The second-order valence-corrected chi connectivity index (χ2v) is 17.4. The Kier molecular flexibility index (Phi) is 38.3.